The highest BCUT2D eigenvalue weighted by molar-refractivity contribution is 14.0. The Labute approximate surface area is 175 Å². The van der Waals surface area contributed by atoms with Crippen molar-refractivity contribution in [1.29, 1.82) is 0 Å². The lowest BCUT2D eigenvalue weighted by atomic mass is 10.1. The fraction of sp³-hybridized carbons (Fsp3) is 0.944. The zero-order chi connectivity index (χ0) is 18.1. The van der Waals surface area contributed by atoms with E-state index in [2.05, 4.69) is 39.3 Å². The van der Waals surface area contributed by atoms with Crippen LogP contribution < -0.4 is 10.6 Å². The SMILES string of the molecule is CCNC(=NCC(C)(O)CN1CCOCC1)NCC1CCCN1CC.I. The molecule has 2 unspecified atom stereocenters. The van der Waals surface area contributed by atoms with Gasteiger partial charge < -0.3 is 20.5 Å². The van der Waals surface area contributed by atoms with Crippen molar-refractivity contribution in [1.82, 2.24) is 20.4 Å². The molecule has 154 valence electrons. The second-order valence-electron chi connectivity index (χ2n) is 7.39. The van der Waals surface area contributed by atoms with Crippen LogP contribution in [0.15, 0.2) is 4.99 Å². The molecule has 0 radical (unpaired) electrons. The maximum absolute atomic E-state index is 10.7. The molecule has 0 aromatic heterocycles. The van der Waals surface area contributed by atoms with Crippen molar-refractivity contribution in [3.8, 4) is 0 Å². The molecule has 2 rings (SSSR count). The van der Waals surface area contributed by atoms with Gasteiger partial charge in [0.05, 0.1) is 25.4 Å². The minimum absolute atomic E-state index is 0. The number of hydrogen-bond acceptors (Lipinski definition) is 5. The lowest BCUT2D eigenvalue weighted by Gasteiger charge is -2.33. The van der Waals surface area contributed by atoms with Crippen LogP contribution in [0.5, 0.6) is 0 Å². The van der Waals surface area contributed by atoms with E-state index in [1.165, 1.54) is 19.4 Å². The first kappa shape index (κ1) is 23.9. The van der Waals surface area contributed by atoms with E-state index in [-0.39, 0.29) is 24.0 Å². The third kappa shape index (κ3) is 8.24. The summed E-state index contributed by atoms with van der Waals surface area (Å²) in [5.74, 6) is 0.799. The Hall–Kier alpha value is -0.160. The van der Waals surface area contributed by atoms with E-state index in [0.29, 0.717) is 19.1 Å². The second-order valence-corrected chi connectivity index (χ2v) is 7.39. The Morgan fingerprint density at radius 2 is 1.96 bits per heavy atom. The molecule has 2 saturated heterocycles. The molecule has 0 saturated carbocycles. The summed E-state index contributed by atoms with van der Waals surface area (Å²) in [6.07, 6.45) is 2.52. The van der Waals surface area contributed by atoms with Crippen LogP contribution in [0.1, 0.15) is 33.6 Å². The maximum atomic E-state index is 10.7. The van der Waals surface area contributed by atoms with Gasteiger partial charge in [-0.15, -0.1) is 24.0 Å². The molecule has 0 bridgehead atoms. The number of rotatable bonds is 8. The topological polar surface area (TPSA) is 72.4 Å². The standard InChI is InChI=1S/C18H37N5O2.HI/c1-4-19-17(20-13-16-7-6-8-23(16)5-2)21-14-18(3,24)15-22-9-11-25-12-10-22;/h16,24H,4-15H2,1-3H3,(H2,19,20,21);1H. The van der Waals surface area contributed by atoms with Gasteiger partial charge in [-0.3, -0.25) is 14.8 Å². The Bertz CT molecular complexity index is 416. The largest absolute Gasteiger partial charge is 0.387 e. The third-order valence-electron chi connectivity index (χ3n) is 5.00. The van der Waals surface area contributed by atoms with Crippen LogP contribution in [0.4, 0.5) is 0 Å². The monoisotopic (exact) mass is 483 g/mol. The number of ether oxygens (including phenoxy) is 1. The number of nitrogens with zero attached hydrogens (tertiary/aromatic N) is 3. The predicted molar refractivity (Wildman–Crippen MR) is 118 cm³/mol. The van der Waals surface area contributed by atoms with Crippen LogP contribution in [0.25, 0.3) is 0 Å². The van der Waals surface area contributed by atoms with Crippen molar-refractivity contribution in [3.63, 3.8) is 0 Å². The molecule has 2 aliphatic heterocycles. The molecular weight excluding hydrogens is 445 g/mol. The van der Waals surface area contributed by atoms with E-state index in [4.69, 9.17) is 4.74 Å². The van der Waals surface area contributed by atoms with Gasteiger partial charge in [0.15, 0.2) is 5.96 Å². The molecule has 2 fully saturated rings. The van der Waals surface area contributed by atoms with Crippen LogP contribution in [0.3, 0.4) is 0 Å². The molecule has 0 spiro atoms. The van der Waals surface area contributed by atoms with Gasteiger partial charge in [-0.05, 0) is 39.8 Å². The van der Waals surface area contributed by atoms with Crippen LogP contribution in [-0.2, 0) is 4.74 Å². The number of aliphatic hydroxyl groups is 1. The fourth-order valence-corrected chi connectivity index (χ4v) is 3.64. The van der Waals surface area contributed by atoms with Gasteiger partial charge in [0.2, 0.25) is 0 Å². The summed E-state index contributed by atoms with van der Waals surface area (Å²) in [5.41, 5.74) is -0.831. The number of nitrogens with one attached hydrogen (secondary N) is 2. The van der Waals surface area contributed by atoms with Gasteiger partial charge in [-0.25, -0.2) is 0 Å². The first-order valence-electron chi connectivity index (χ1n) is 9.83. The molecule has 0 aromatic rings. The van der Waals surface area contributed by atoms with E-state index in [9.17, 15) is 5.11 Å². The first-order chi connectivity index (χ1) is 12.0. The molecule has 3 N–H and O–H groups in total. The number of aliphatic imine (C=N–C) groups is 1. The first-order valence-corrected chi connectivity index (χ1v) is 9.83. The Morgan fingerprint density at radius 1 is 1.23 bits per heavy atom. The molecular formula is C18H38IN5O2. The highest BCUT2D eigenvalue weighted by Crippen LogP contribution is 2.15. The van der Waals surface area contributed by atoms with E-state index < -0.39 is 5.60 Å². The van der Waals surface area contributed by atoms with Crippen molar-refractivity contribution < 1.29 is 9.84 Å². The normalized spacial score (nSPS) is 24.8. The highest BCUT2D eigenvalue weighted by Gasteiger charge is 2.26. The maximum Gasteiger partial charge on any atom is 0.191 e. The van der Waals surface area contributed by atoms with Crippen LogP contribution in [-0.4, -0.2) is 98.1 Å². The lowest BCUT2D eigenvalue weighted by Crippen LogP contribution is -2.49. The number of morpholine rings is 1. The lowest BCUT2D eigenvalue weighted by molar-refractivity contribution is -0.0180. The average Bonchev–Trinajstić information content (AvgIpc) is 3.05. The van der Waals surface area contributed by atoms with Crippen LogP contribution in [0, 0.1) is 0 Å². The van der Waals surface area contributed by atoms with Crippen molar-refractivity contribution >= 4 is 29.9 Å². The summed E-state index contributed by atoms with van der Waals surface area (Å²) in [5, 5.41) is 17.4. The number of halogens is 1. The molecule has 7 nitrogen and oxygen atoms in total. The summed E-state index contributed by atoms with van der Waals surface area (Å²) in [6, 6.07) is 0.586. The number of likely N-dealkylation sites (tertiary alicyclic amines) is 1. The van der Waals surface area contributed by atoms with Crippen molar-refractivity contribution in [2.45, 2.75) is 45.3 Å². The van der Waals surface area contributed by atoms with Gasteiger partial charge in [0, 0.05) is 38.8 Å². The highest BCUT2D eigenvalue weighted by atomic mass is 127. The van der Waals surface area contributed by atoms with E-state index in [1.807, 2.05) is 6.92 Å². The zero-order valence-corrected chi connectivity index (χ0v) is 19.0. The molecule has 2 heterocycles. The Balaban J connectivity index is 0.00000338. The smallest absolute Gasteiger partial charge is 0.191 e. The fourth-order valence-electron chi connectivity index (χ4n) is 3.64. The summed E-state index contributed by atoms with van der Waals surface area (Å²) >= 11 is 0. The molecule has 0 aliphatic carbocycles. The van der Waals surface area contributed by atoms with Crippen LogP contribution >= 0.6 is 24.0 Å². The quantitative estimate of drug-likeness (QED) is 0.269. The predicted octanol–water partition coefficient (Wildman–Crippen LogP) is 0.727. The molecule has 8 heteroatoms. The molecule has 0 aromatic carbocycles. The Kier molecular flexibility index (Phi) is 11.3. The second kappa shape index (κ2) is 12.3. The molecule has 0 amide bonds. The van der Waals surface area contributed by atoms with Crippen LogP contribution in [0.2, 0.25) is 0 Å². The van der Waals surface area contributed by atoms with Crippen molar-refractivity contribution in [3.05, 3.63) is 0 Å². The van der Waals surface area contributed by atoms with E-state index >= 15 is 0 Å². The molecule has 26 heavy (non-hydrogen) atoms. The number of guanidine groups is 1. The average molecular weight is 483 g/mol. The summed E-state index contributed by atoms with van der Waals surface area (Å²) in [4.78, 5) is 9.40. The number of hydrogen-bond donors (Lipinski definition) is 3. The molecule has 2 aliphatic rings. The number of β-amino-alcohol motifs (C(OH)–C–C–N with tert-alkyl or cyclic N) is 1. The summed E-state index contributed by atoms with van der Waals surface area (Å²) in [7, 11) is 0. The minimum atomic E-state index is -0.831. The van der Waals surface area contributed by atoms with E-state index in [1.54, 1.807) is 0 Å². The van der Waals surface area contributed by atoms with Gasteiger partial charge in [-0.1, -0.05) is 6.92 Å². The van der Waals surface area contributed by atoms with Gasteiger partial charge >= 0.3 is 0 Å². The minimum Gasteiger partial charge on any atom is -0.387 e. The van der Waals surface area contributed by atoms with E-state index in [0.717, 1.165) is 51.9 Å². The van der Waals surface area contributed by atoms with Gasteiger partial charge in [0.25, 0.3) is 0 Å². The van der Waals surface area contributed by atoms with Gasteiger partial charge in [-0.2, -0.15) is 0 Å². The molecule has 2 atom stereocenters. The van der Waals surface area contributed by atoms with Crippen molar-refractivity contribution in [2.75, 3.05) is 65.6 Å². The summed E-state index contributed by atoms with van der Waals surface area (Å²) in [6.45, 7) is 14.5. The summed E-state index contributed by atoms with van der Waals surface area (Å²) < 4.78 is 5.37. The van der Waals surface area contributed by atoms with Gasteiger partial charge in [0.1, 0.15) is 0 Å². The Morgan fingerprint density at radius 3 is 2.62 bits per heavy atom. The third-order valence-corrected chi connectivity index (χ3v) is 5.00. The number of likely N-dealkylation sites (N-methyl/N-ethyl adjacent to an activating group) is 1. The van der Waals surface area contributed by atoms with Crippen molar-refractivity contribution in [2.24, 2.45) is 4.99 Å². The zero-order valence-electron chi connectivity index (χ0n) is 16.7.